The van der Waals surface area contributed by atoms with Gasteiger partial charge >= 0.3 is 0 Å². The van der Waals surface area contributed by atoms with Gasteiger partial charge in [0.1, 0.15) is 5.75 Å². The van der Waals surface area contributed by atoms with Crippen molar-refractivity contribution in [2.45, 2.75) is 52.0 Å². The van der Waals surface area contributed by atoms with Crippen molar-refractivity contribution in [3.8, 4) is 5.75 Å². The van der Waals surface area contributed by atoms with E-state index in [4.69, 9.17) is 10.5 Å². The number of aryl methyl sites for hydroxylation is 2. The summed E-state index contributed by atoms with van der Waals surface area (Å²) in [4.78, 5) is 0. The van der Waals surface area contributed by atoms with E-state index in [1.807, 2.05) is 0 Å². The fourth-order valence-corrected chi connectivity index (χ4v) is 2.99. The summed E-state index contributed by atoms with van der Waals surface area (Å²) in [5.41, 5.74) is 11.6. The molecule has 1 saturated carbocycles. The molecular formula is C15H23NO. The standard InChI is InChI=1S/C15H23NO/c1-9-8-10(2)13(14(17-5)11(9)3)15(6-7-15)12(4)16/h8,12H,6-7,16H2,1-5H3. The quantitative estimate of drug-likeness (QED) is 0.871. The summed E-state index contributed by atoms with van der Waals surface area (Å²) in [6.07, 6.45) is 2.37. The number of hydrogen-bond donors (Lipinski definition) is 1. The van der Waals surface area contributed by atoms with E-state index in [-0.39, 0.29) is 11.5 Å². The Labute approximate surface area is 104 Å². The maximum absolute atomic E-state index is 6.19. The molecule has 2 N–H and O–H groups in total. The van der Waals surface area contributed by atoms with Crippen LogP contribution in [0.2, 0.25) is 0 Å². The molecular weight excluding hydrogens is 210 g/mol. The summed E-state index contributed by atoms with van der Waals surface area (Å²) >= 11 is 0. The van der Waals surface area contributed by atoms with Crippen LogP contribution in [0.1, 0.15) is 42.0 Å². The molecule has 2 nitrogen and oxygen atoms in total. The number of methoxy groups -OCH3 is 1. The van der Waals surface area contributed by atoms with E-state index < -0.39 is 0 Å². The molecule has 1 fully saturated rings. The summed E-state index contributed by atoms with van der Waals surface area (Å²) in [7, 11) is 1.77. The van der Waals surface area contributed by atoms with Crippen molar-refractivity contribution in [2.24, 2.45) is 5.73 Å². The largest absolute Gasteiger partial charge is 0.496 e. The Bertz CT molecular complexity index is 445. The molecule has 0 aromatic heterocycles. The topological polar surface area (TPSA) is 35.2 Å². The molecule has 1 aliphatic rings. The average molecular weight is 233 g/mol. The van der Waals surface area contributed by atoms with Crippen LogP contribution in [0.15, 0.2) is 6.07 Å². The number of benzene rings is 1. The highest BCUT2D eigenvalue weighted by atomic mass is 16.5. The molecule has 0 saturated heterocycles. The van der Waals surface area contributed by atoms with Gasteiger partial charge in [0.15, 0.2) is 0 Å². The molecule has 1 aromatic rings. The predicted molar refractivity (Wildman–Crippen MR) is 71.8 cm³/mol. The van der Waals surface area contributed by atoms with Crippen molar-refractivity contribution >= 4 is 0 Å². The monoisotopic (exact) mass is 233 g/mol. The van der Waals surface area contributed by atoms with Gasteiger partial charge in [0.05, 0.1) is 7.11 Å². The zero-order valence-corrected chi connectivity index (χ0v) is 11.6. The van der Waals surface area contributed by atoms with Crippen LogP contribution in [0.5, 0.6) is 5.75 Å². The first-order valence-electron chi connectivity index (χ1n) is 6.35. The number of rotatable bonds is 3. The number of ether oxygens (including phenoxy) is 1. The Morgan fingerprint density at radius 1 is 1.24 bits per heavy atom. The third-order valence-corrected chi connectivity index (χ3v) is 4.35. The predicted octanol–water partition coefficient (Wildman–Crippen LogP) is 3.00. The van der Waals surface area contributed by atoms with Crippen LogP contribution >= 0.6 is 0 Å². The molecule has 0 heterocycles. The van der Waals surface area contributed by atoms with Crippen molar-refractivity contribution in [3.63, 3.8) is 0 Å². The van der Waals surface area contributed by atoms with E-state index in [0.29, 0.717) is 0 Å². The Morgan fingerprint density at radius 3 is 2.24 bits per heavy atom. The number of nitrogens with two attached hydrogens (primary N) is 1. The Morgan fingerprint density at radius 2 is 1.82 bits per heavy atom. The zero-order valence-electron chi connectivity index (χ0n) is 11.6. The van der Waals surface area contributed by atoms with Crippen molar-refractivity contribution in [1.82, 2.24) is 0 Å². The van der Waals surface area contributed by atoms with Crippen molar-refractivity contribution in [3.05, 3.63) is 28.3 Å². The van der Waals surface area contributed by atoms with Crippen LogP contribution < -0.4 is 10.5 Å². The van der Waals surface area contributed by atoms with Crippen molar-refractivity contribution < 1.29 is 4.74 Å². The molecule has 94 valence electrons. The first-order valence-corrected chi connectivity index (χ1v) is 6.35. The summed E-state index contributed by atoms with van der Waals surface area (Å²) < 4.78 is 5.66. The lowest BCUT2D eigenvalue weighted by atomic mass is 9.83. The Hall–Kier alpha value is -1.02. The van der Waals surface area contributed by atoms with Gasteiger partial charge in [0.25, 0.3) is 0 Å². The highest BCUT2D eigenvalue weighted by molar-refractivity contribution is 5.55. The van der Waals surface area contributed by atoms with Gasteiger partial charge in [-0.3, -0.25) is 0 Å². The van der Waals surface area contributed by atoms with Gasteiger partial charge in [-0.05, 0) is 57.2 Å². The maximum atomic E-state index is 6.19. The van der Waals surface area contributed by atoms with Gasteiger partial charge in [-0.15, -0.1) is 0 Å². The van der Waals surface area contributed by atoms with Gasteiger partial charge in [0.2, 0.25) is 0 Å². The number of hydrogen-bond acceptors (Lipinski definition) is 2. The van der Waals surface area contributed by atoms with Crippen LogP contribution in [-0.4, -0.2) is 13.2 Å². The van der Waals surface area contributed by atoms with Crippen LogP contribution in [0.4, 0.5) is 0 Å². The van der Waals surface area contributed by atoms with Crippen LogP contribution in [-0.2, 0) is 5.41 Å². The lowest BCUT2D eigenvalue weighted by molar-refractivity contribution is 0.394. The molecule has 1 aromatic carbocycles. The fraction of sp³-hybridized carbons (Fsp3) is 0.600. The average Bonchev–Trinajstić information content (AvgIpc) is 3.04. The molecule has 0 amide bonds. The van der Waals surface area contributed by atoms with Gasteiger partial charge in [0, 0.05) is 17.0 Å². The summed E-state index contributed by atoms with van der Waals surface area (Å²) in [5, 5.41) is 0. The third-order valence-electron chi connectivity index (χ3n) is 4.35. The fourth-order valence-electron chi connectivity index (χ4n) is 2.99. The van der Waals surface area contributed by atoms with Gasteiger partial charge in [-0.1, -0.05) is 6.07 Å². The molecule has 0 bridgehead atoms. The maximum Gasteiger partial charge on any atom is 0.126 e. The van der Waals surface area contributed by atoms with Gasteiger partial charge in [-0.2, -0.15) is 0 Å². The minimum absolute atomic E-state index is 0.161. The lowest BCUT2D eigenvalue weighted by Crippen LogP contribution is -2.32. The second kappa shape index (κ2) is 4.02. The molecule has 0 aliphatic heterocycles. The van der Waals surface area contributed by atoms with Crippen LogP contribution in [0.3, 0.4) is 0 Å². The molecule has 1 aliphatic carbocycles. The normalized spacial score (nSPS) is 18.9. The van der Waals surface area contributed by atoms with Crippen LogP contribution in [0.25, 0.3) is 0 Å². The van der Waals surface area contributed by atoms with E-state index in [1.54, 1.807) is 7.11 Å². The summed E-state index contributed by atoms with van der Waals surface area (Å²) in [6.45, 7) is 8.56. The first kappa shape index (κ1) is 12.4. The first-order chi connectivity index (χ1) is 7.94. The third kappa shape index (κ3) is 1.75. The van der Waals surface area contributed by atoms with Gasteiger partial charge in [-0.25, -0.2) is 0 Å². The molecule has 2 heteroatoms. The van der Waals surface area contributed by atoms with Gasteiger partial charge < -0.3 is 10.5 Å². The molecule has 1 atom stereocenters. The highest BCUT2D eigenvalue weighted by Gasteiger charge is 2.50. The summed E-state index contributed by atoms with van der Waals surface area (Å²) in [5.74, 6) is 1.05. The SMILES string of the molecule is COc1c(C)c(C)cc(C)c1C1(C(C)N)CC1. The molecule has 2 rings (SSSR count). The molecule has 0 spiro atoms. The van der Waals surface area contributed by atoms with E-state index >= 15 is 0 Å². The molecule has 0 radical (unpaired) electrons. The second-order valence-corrected chi connectivity index (χ2v) is 5.49. The van der Waals surface area contributed by atoms with Crippen LogP contribution in [0, 0.1) is 20.8 Å². The van der Waals surface area contributed by atoms with E-state index in [2.05, 4.69) is 33.8 Å². The smallest absolute Gasteiger partial charge is 0.126 e. The molecule has 17 heavy (non-hydrogen) atoms. The lowest BCUT2D eigenvalue weighted by Gasteiger charge is -2.26. The minimum atomic E-state index is 0.161. The minimum Gasteiger partial charge on any atom is -0.496 e. The van der Waals surface area contributed by atoms with Crippen molar-refractivity contribution in [2.75, 3.05) is 7.11 Å². The Kier molecular flexibility index (Phi) is 2.94. The van der Waals surface area contributed by atoms with E-state index in [0.717, 1.165) is 5.75 Å². The van der Waals surface area contributed by atoms with E-state index in [1.165, 1.54) is 35.1 Å². The van der Waals surface area contributed by atoms with Crippen molar-refractivity contribution in [1.29, 1.82) is 0 Å². The zero-order chi connectivity index (χ0) is 12.8. The molecule has 1 unspecified atom stereocenters. The highest BCUT2D eigenvalue weighted by Crippen LogP contribution is 2.55. The van der Waals surface area contributed by atoms with E-state index in [9.17, 15) is 0 Å². The summed E-state index contributed by atoms with van der Waals surface area (Å²) in [6, 6.07) is 2.45. The Balaban J connectivity index is 2.65. The second-order valence-electron chi connectivity index (χ2n) is 5.49.